The molecule has 3 aromatic heterocycles. The van der Waals surface area contributed by atoms with Gasteiger partial charge in [0.1, 0.15) is 10.2 Å². The van der Waals surface area contributed by atoms with E-state index in [1.807, 2.05) is 54.1 Å². The molecule has 0 saturated heterocycles. The summed E-state index contributed by atoms with van der Waals surface area (Å²) >= 11 is 2.98. The van der Waals surface area contributed by atoms with Crippen molar-refractivity contribution in [1.82, 2.24) is 4.98 Å². The molecule has 4 rings (SSSR count). The first-order valence-electron chi connectivity index (χ1n) is 6.75. The number of hydrogen-bond acceptors (Lipinski definition) is 5. The molecule has 0 spiro atoms. The van der Waals surface area contributed by atoms with Gasteiger partial charge in [-0.15, -0.1) is 22.7 Å². The van der Waals surface area contributed by atoms with Gasteiger partial charge in [-0.05, 0) is 23.9 Å². The maximum atomic E-state index is 12.4. The van der Waals surface area contributed by atoms with Gasteiger partial charge < -0.3 is 4.42 Å². The van der Waals surface area contributed by atoms with Gasteiger partial charge >= 0.3 is 5.63 Å². The smallest absolute Gasteiger partial charge is 0.348 e. The summed E-state index contributed by atoms with van der Waals surface area (Å²) in [5.74, 6) is 0.393. The molecule has 0 bridgehead atoms. The predicted octanol–water partition coefficient (Wildman–Crippen LogP) is 4.95. The summed E-state index contributed by atoms with van der Waals surface area (Å²) in [6.45, 7) is 2.04. The van der Waals surface area contributed by atoms with Crippen molar-refractivity contribution >= 4 is 32.9 Å². The molecule has 0 saturated carbocycles. The minimum atomic E-state index is -0.328. The summed E-state index contributed by atoms with van der Waals surface area (Å²) in [5, 5.41) is 4.47. The van der Waals surface area contributed by atoms with Crippen LogP contribution in [0.1, 0.15) is 5.56 Å². The molecule has 4 aromatic rings. The molecule has 22 heavy (non-hydrogen) atoms. The standard InChI is InChI=1S/C17H11NO2S2/c1-10-4-6-11(7-5-10)12-9-22-16-14(12)17(19)20-15(18-16)13-3-2-8-21-13/h2-9H,1H3. The topological polar surface area (TPSA) is 43.1 Å². The van der Waals surface area contributed by atoms with Gasteiger partial charge in [0.25, 0.3) is 0 Å². The molecule has 0 radical (unpaired) electrons. The second kappa shape index (κ2) is 5.19. The zero-order valence-electron chi connectivity index (χ0n) is 11.7. The van der Waals surface area contributed by atoms with Crippen LogP contribution >= 0.6 is 22.7 Å². The summed E-state index contributed by atoms with van der Waals surface area (Å²) in [6.07, 6.45) is 0. The highest BCUT2D eigenvalue weighted by Gasteiger charge is 2.15. The van der Waals surface area contributed by atoms with E-state index in [1.54, 1.807) is 0 Å². The number of thiophene rings is 2. The highest BCUT2D eigenvalue weighted by molar-refractivity contribution is 7.17. The molecule has 5 heteroatoms. The highest BCUT2D eigenvalue weighted by atomic mass is 32.1. The third-order valence-corrected chi connectivity index (χ3v) is 5.19. The predicted molar refractivity (Wildman–Crippen MR) is 91.6 cm³/mol. The van der Waals surface area contributed by atoms with Crippen molar-refractivity contribution in [2.75, 3.05) is 0 Å². The van der Waals surface area contributed by atoms with E-state index < -0.39 is 0 Å². The number of benzene rings is 1. The lowest BCUT2D eigenvalue weighted by molar-refractivity contribution is 0.520. The second-order valence-electron chi connectivity index (χ2n) is 4.98. The maximum Gasteiger partial charge on any atom is 0.348 e. The van der Waals surface area contributed by atoms with Crippen LogP contribution in [0.15, 0.2) is 56.4 Å². The molecule has 0 atom stereocenters. The van der Waals surface area contributed by atoms with E-state index >= 15 is 0 Å². The van der Waals surface area contributed by atoms with Gasteiger partial charge in [0.15, 0.2) is 0 Å². The maximum absolute atomic E-state index is 12.4. The van der Waals surface area contributed by atoms with Crippen LogP contribution in [0.2, 0.25) is 0 Å². The van der Waals surface area contributed by atoms with E-state index in [4.69, 9.17) is 4.42 Å². The Morgan fingerprint density at radius 3 is 2.64 bits per heavy atom. The van der Waals surface area contributed by atoms with Crippen molar-refractivity contribution in [2.45, 2.75) is 6.92 Å². The van der Waals surface area contributed by atoms with Crippen molar-refractivity contribution in [3.8, 4) is 21.9 Å². The molecule has 1 aromatic carbocycles. The van der Waals surface area contributed by atoms with Crippen molar-refractivity contribution in [3.05, 3.63) is 63.1 Å². The molecule has 0 aliphatic heterocycles. The molecule has 0 aliphatic rings. The lowest BCUT2D eigenvalue weighted by Gasteiger charge is -2.00. The van der Waals surface area contributed by atoms with Crippen LogP contribution in [0.4, 0.5) is 0 Å². The Labute approximate surface area is 134 Å². The van der Waals surface area contributed by atoms with Crippen LogP contribution in [0, 0.1) is 6.92 Å². The SMILES string of the molecule is Cc1ccc(-c2csc3nc(-c4cccs4)oc(=O)c23)cc1. The summed E-state index contributed by atoms with van der Waals surface area (Å²) in [7, 11) is 0. The first kappa shape index (κ1) is 13.4. The van der Waals surface area contributed by atoms with Crippen LogP contribution in [0.3, 0.4) is 0 Å². The number of nitrogens with zero attached hydrogens (tertiary/aromatic N) is 1. The molecule has 0 unspecified atom stereocenters. The Bertz CT molecular complexity index is 996. The minimum absolute atomic E-state index is 0.328. The Kier molecular flexibility index (Phi) is 3.17. The lowest BCUT2D eigenvalue weighted by Crippen LogP contribution is -2.01. The van der Waals surface area contributed by atoms with Gasteiger partial charge in [0.05, 0.1) is 4.88 Å². The fraction of sp³-hybridized carbons (Fsp3) is 0.0588. The second-order valence-corrected chi connectivity index (χ2v) is 6.79. The Morgan fingerprint density at radius 1 is 1.09 bits per heavy atom. The average molecular weight is 325 g/mol. The van der Waals surface area contributed by atoms with Crippen molar-refractivity contribution < 1.29 is 4.42 Å². The Morgan fingerprint density at radius 2 is 1.91 bits per heavy atom. The van der Waals surface area contributed by atoms with E-state index in [1.165, 1.54) is 28.2 Å². The largest absolute Gasteiger partial charge is 0.402 e. The fourth-order valence-electron chi connectivity index (χ4n) is 2.33. The minimum Gasteiger partial charge on any atom is -0.402 e. The van der Waals surface area contributed by atoms with E-state index in [2.05, 4.69) is 4.98 Å². The van der Waals surface area contributed by atoms with E-state index in [-0.39, 0.29) is 5.63 Å². The summed E-state index contributed by atoms with van der Waals surface area (Å²) in [5.41, 5.74) is 2.76. The Hall–Kier alpha value is -2.24. The fourth-order valence-corrected chi connectivity index (χ4v) is 3.91. The number of fused-ring (bicyclic) bond motifs is 1. The van der Waals surface area contributed by atoms with Gasteiger partial charge in [0, 0.05) is 10.9 Å². The van der Waals surface area contributed by atoms with Crippen molar-refractivity contribution in [1.29, 1.82) is 0 Å². The third-order valence-electron chi connectivity index (χ3n) is 3.46. The molecule has 0 aliphatic carbocycles. The highest BCUT2D eigenvalue weighted by Crippen LogP contribution is 2.33. The molecular weight excluding hydrogens is 314 g/mol. The summed E-state index contributed by atoms with van der Waals surface area (Å²) < 4.78 is 5.43. The molecule has 108 valence electrons. The van der Waals surface area contributed by atoms with Crippen molar-refractivity contribution in [3.63, 3.8) is 0 Å². The van der Waals surface area contributed by atoms with Gasteiger partial charge in [0.2, 0.25) is 5.89 Å². The Balaban J connectivity index is 1.93. The lowest BCUT2D eigenvalue weighted by atomic mass is 10.1. The summed E-state index contributed by atoms with van der Waals surface area (Å²) in [4.78, 5) is 18.5. The van der Waals surface area contributed by atoms with E-state index in [9.17, 15) is 4.79 Å². The normalized spacial score (nSPS) is 11.1. The zero-order chi connectivity index (χ0) is 15.1. The van der Waals surface area contributed by atoms with E-state index in [0.717, 1.165) is 20.8 Å². The van der Waals surface area contributed by atoms with Crippen molar-refractivity contribution in [2.24, 2.45) is 0 Å². The van der Waals surface area contributed by atoms with Gasteiger partial charge in [-0.1, -0.05) is 35.9 Å². The average Bonchev–Trinajstić information content (AvgIpc) is 3.17. The van der Waals surface area contributed by atoms with E-state index in [0.29, 0.717) is 11.3 Å². The van der Waals surface area contributed by atoms with Crippen LogP contribution in [0.25, 0.3) is 32.1 Å². The number of rotatable bonds is 2. The molecular formula is C17H11NO2S2. The first-order valence-corrected chi connectivity index (χ1v) is 8.51. The summed E-state index contributed by atoms with van der Waals surface area (Å²) in [6, 6.07) is 11.9. The van der Waals surface area contributed by atoms with Crippen LogP contribution in [-0.2, 0) is 0 Å². The quantitative estimate of drug-likeness (QED) is 0.523. The zero-order valence-corrected chi connectivity index (χ0v) is 13.3. The molecule has 0 fully saturated rings. The van der Waals surface area contributed by atoms with Gasteiger partial charge in [-0.25, -0.2) is 9.78 Å². The molecule has 0 amide bonds. The third kappa shape index (κ3) is 2.19. The number of aromatic nitrogens is 1. The number of hydrogen-bond donors (Lipinski definition) is 0. The van der Waals surface area contributed by atoms with Gasteiger partial charge in [-0.3, -0.25) is 0 Å². The van der Waals surface area contributed by atoms with Crippen LogP contribution < -0.4 is 5.63 Å². The first-order chi connectivity index (χ1) is 10.7. The molecule has 0 N–H and O–H groups in total. The molecule has 3 nitrogen and oxygen atoms in total. The number of aryl methyl sites for hydroxylation is 1. The molecule has 3 heterocycles. The monoisotopic (exact) mass is 325 g/mol. The van der Waals surface area contributed by atoms with Gasteiger partial charge in [-0.2, -0.15) is 0 Å². The van der Waals surface area contributed by atoms with Crippen LogP contribution in [0.5, 0.6) is 0 Å². The van der Waals surface area contributed by atoms with Crippen LogP contribution in [-0.4, -0.2) is 4.98 Å².